The van der Waals surface area contributed by atoms with Crippen molar-refractivity contribution >= 4 is 23.5 Å². The fraction of sp³-hybridized carbons (Fsp3) is 0.429. The Balaban J connectivity index is 2.11. The molecule has 2 atom stereocenters. The van der Waals surface area contributed by atoms with E-state index in [0.717, 1.165) is 0 Å². The van der Waals surface area contributed by atoms with E-state index in [-0.39, 0.29) is 17.7 Å². The van der Waals surface area contributed by atoms with Crippen LogP contribution < -0.4 is 0 Å². The van der Waals surface area contributed by atoms with Crippen LogP contribution in [0.3, 0.4) is 0 Å². The Bertz CT molecular complexity index is 503. The van der Waals surface area contributed by atoms with Crippen molar-refractivity contribution < 1.29 is 14.7 Å². The summed E-state index contributed by atoms with van der Waals surface area (Å²) in [5, 5.41) is 9.50. The molecule has 1 aromatic carbocycles. The molecule has 1 saturated heterocycles. The predicted octanol–water partition coefficient (Wildman–Crippen LogP) is 2.52. The van der Waals surface area contributed by atoms with Gasteiger partial charge in [-0.15, -0.1) is 0 Å². The van der Waals surface area contributed by atoms with E-state index in [4.69, 9.17) is 16.7 Å². The second-order valence-corrected chi connectivity index (χ2v) is 5.35. The lowest BCUT2D eigenvalue weighted by atomic mass is 9.87. The fourth-order valence-corrected chi connectivity index (χ4v) is 2.72. The van der Waals surface area contributed by atoms with Crippen molar-refractivity contribution in [2.24, 2.45) is 11.8 Å². The summed E-state index contributed by atoms with van der Waals surface area (Å²) in [6.45, 7) is 2.79. The van der Waals surface area contributed by atoms with Gasteiger partial charge < -0.3 is 10.0 Å². The first-order valence-corrected chi connectivity index (χ1v) is 6.65. The molecular formula is C14H16ClNO3. The molecule has 2 unspecified atom stereocenters. The van der Waals surface area contributed by atoms with Gasteiger partial charge in [0.1, 0.15) is 0 Å². The number of rotatable bonds is 2. The standard InChI is InChI=1S/C14H16ClNO3/c1-9-8-16(7-6-10(9)14(18)19)13(17)11-4-2-3-5-12(11)15/h2-5,9-10H,6-8H2,1H3,(H,18,19). The molecule has 1 aromatic rings. The first-order valence-electron chi connectivity index (χ1n) is 6.27. The highest BCUT2D eigenvalue weighted by Gasteiger charge is 2.33. The van der Waals surface area contributed by atoms with Crippen LogP contribution in [0.15, 0.2) is 24.3 Å². The molecule has 19 heavy (non-hydrogen) atoms. The van der Waals surface area contributed by atoms with E-state index in [1.807, 2.05) is 6.92 Å². The summed E-state index contributed by atoms with van der Waals surface area (Å²) in [5.74, 6) is -1.31. The molecule has 1 amide bonds. The van der Waals surface area contributed by atoms with Crippen molar-refractivity contribution in [1.29, 1.82) is 0 Å². The molecule has 2 rings (SSSR count). The molecule has 0 aliphatic carbocycles. The zero-order valence-electron chi connectivity index (χ0n) is 10.7. The molecule has 0 bridgehead atoms. The van der Waals surface area contributed by atoms with E-state index in [1.165, 1.54) is 0 Å². The molecule has 1 heterocycles. The van der Waals surface area contributed by atoms with E-state index in [9.17, 15) is 9.59 Å². The van der Waals surface area contributed by atoms with Gasteiger partial charge in [-0.1, -0.05) is 30.7 Å². The number of amides is 1. The summed E-state index contributed by atoms with van der Waals surface area (Å²) in [6.07, 6.45) is 0.493. The molecule has 1 aliphatic heterocycles. The predicted molar refractivity (Wildman–Crippen MR) is 72.3 cm³/mol. The van der Waals surface area contributed by atoms with E-state index < -0.39 is 5.97 Å². The van der Waals surface area contributed by atoms with Gasteiger partial charge in [-0.05, 0) is 24.5 Å². The van der Waals surface area contributed by atoms with Crippen LogP contribution in [0.4, 0.5) is 0 Å². The van der Waals surface area contributed by atoms with E-state index >= 15 is 0 Å². The molecule has 1 N–H and O–H groups in total. The Morgan fingerprint density at radius 3 is 2.63 bits per heavy atom. The molecule has 5 heteroatoms. The van der Waals surface area contributed by atoms with Gasteiger partial charge in [0, 0.05) is 13.1 Å². The Morgan fingerprint density at radius 1 is 1.37 bits per heavy atom. The number of hydrogen-bond acceptors (Lipinski definition) is 2. The van der Waals surface area contributed by atoms with Crippen LogP contribution in [-0.4, -0.2) is 35.0 Å². The quantitative estimate of drug-likeness (QED) is 0.906. The minimum absolute atomic E-state index is 0.0438. The molecular weight excluding hydrogens is 266 g/mol. The topological polar surface area (TPSA) is 57.6 Å². The van der Waals surface area contributed by atoms with E-state index in [1.54, 1.807) is 29.2 Å². The summed E-state index contributed by atoms with van der Waals surface area (Å²) < 4.78 is 0. The SMILES string of the molecule is CC1CN(C(=O)c2ccccc2Cl)CCC1C(=O)O. The Labute approximate surface area is 117 Å². The number of nitrogens with zero attached hydrogens (tertiary/aromatic N) is 1. The Hall–Kier alpha value is -1.55. The van der Waals surface area contributed by atoms with E-state index in [2.05, 4.69) is 0 Å². The zero-order chi connectivity index (χ0) is 14.0. The van der Waals surface area contributed by atoms with Gasteiger partial charge in [0.2, 0.25) is 0 Å². The lowest BCUT2D eigenvalue weighted by Crippen LogP contribution is -2.45. The van der Waals surface area contributed by atoms with Crippen LogP contribution >= 0.6 is 11.6 Å². The second kappa shape index (κ2) is 5.61. The zero-order valence-corrected chi connectivity index (χ0v) is 11.4. The first kappa shape index (κ1) is 13.9. The van der Waals surface area contributed by atoms with Crippen molar-refractivity contribution in [3.05, 3.63) is 34.9 Å². The third kappa shape index (κ3) is 2.89. The second-order valence-electron chi connectivity index (χ2n) is 4.94. The minimum atomic E-state index is -0.780. The number of carboxylic acids is 1. The van der Waals surface area contributed by atoms with E-state index in [0.29, 0.717) is 30.1 Å². The normalized spacial score (nSPS) is 23.2. The highest BCUT2D eigenvalue weighted by atomic mass is 35.5. The van der Waals surface area contributed by atoms with Crippen molar-refractivity contribution in [2.75, 3.05) is 13.1 Å². The van der Waals surface area contributed by atoms with Crippen LogP contribution in [-0.2, 0) is 4.79 Å². The number of carbonyl (C=O) groups excluding carboxylic acids is 1. The van der Waals surface area contributed by atoms with Gasteiger partial charge in [0.25, 0.3) is 5.91 Å². The molecule has 1 aliphatic rings. The molecule has 0 spiro atoms. The average molecular weight is 282 g/mol. The van der Waals surface area contributed by atoms with Crippen LogP contribution in [0.1, 0.15) is 23.7 Å². The first-order chi connectivity index (χ1) is 9.00. The summed E-state index contributed by atoms with van der Waals surface area (Å²) in [4.78, 5) is 25.1. The third-order valence-corrected chi connectivity index (χ3v) is 3.94. The van der Waals surface area contributed by atoms with Crippen molar-refractivity contribution in [3.63, 3.8) is 0 Å². The molecule has 4 nitrogen and oxygen atoms in total. The number of hydrogen-bond donors (Lipinski definition) is 1. The van der Waals surface area contributed by atoms with Gasteiger partial charge in [-0.2, -0.15) is 0 Å². The largest absolute Gasteiger partial charge is 0.481 e. The van der Waals surface area contributed by atoms with Crippen molar-refractivity contribution in [3.8, 4) is 0 Å². The smallest absolute Gasteiger partial charge is 0.306 e. The number of benzene rings is 1. The van der Waals surface area contributed by atoms with Crippen LogP contribution in [0, 0.1) is 11.8 Å². The molecule has 0 radical (unpaired) electrons. The number of carbonyl (C=O) groups is 2. The van der Waals surface area contributed by atoms with Crippen molar-refractivity contribution in [1.82, 2.24) is 4.90 Å². The summed E-state index contributed by atoms with van der Waals surface area (Å²) in [6, 6.07) is 6.92. The number of likely N-dealkylation sites (tertiary alicyclic amines) is 1. The van der Waals surface area contributed by atoms with Crippen LogP contribution in [0.2, 0.25) is 5.02 Å². The van der Waals surface area contributed by atoms with Gasteiger partial charge >= 0.3 is 5.97 Å². The molecule has 0 aromatic heterocycles. The highest BCUT2D eigenvalue weighted by Crippen LogP contribution is 2.26. The lowest BCUT2D eigenvalue weighted by molar-refractivity contribution is -0.145. The van der Waals surface area contributed by atoms with Gasteiger partial charge in [0.15, 0.2) is 0 Å². The van der Waals surface area contributed by atoms with Crippen molar-refractivity contribution in [2.45, 2.75) is 13.3 Å². The Kier molecular flexibility index (Phi) is 4.10. The number of carboxylic acid groups (broad SMARTS) is 1. The average Bonchev–Trinajstić information content (AvgIpc) is 2.38. The molecule has 1 fully saturated rings. The van der Waals surface area contributed by atoms with Crippen LogP contribution in [0.5, 0.6) is 0 Å². The lowest BCUT2D eigenvalue weighted by Gasteiger charge is -2.35. The van der Waals surface area contributed by atoms with Gasteiger partial charge in [-0.25, -0.2) is 0 Å². The molecule has 102 valence electrons. The Morgan fingerprint density at radius 2 is 2.05 bits per heavy atom. The highest BCUT2D eigenvalue weighted by molar-refractivity contribution is 6.33. The maximum atomic E-state index is 12.3. The monoisotopic (exact) mass is 281 g/mol. The number of aliphatic carboxylic acids is 1. The number of halogens is 1. The fourth-order valence-electron chi connectivity index (χ4n) is 2.50. The van der Waals surface area contributed by atoms with Gasteiger partial charge in [0.05, 0.1) is 16.5 Å². The maximum Gasteiger partial charge on any atom is 0.306 e. The van der Waals surface area contributed by atoms with Gasteiger partial charge in [-0.3, -0.25) is 9.59 Å². The summed E-state index contributed by atoms with van der Waals surface area (Å²) in [5.41, 5.74) is 0.477. The van der Waals surface area contributed by atoms with Crippen LogP contribution in [0.25, 0.3) is 0 Å². The summed E-state index contributed by atoms with van der Waals surface area (Å²) in [7, 11) is 0. The summed E-state index contributed by atoms with van der Waals surface area (Å²) >= 11 is 6.01. The maximum absolute atomic E-state index is 12.3. The number of piperidine rings is 1. The molecule has 0 saturated carbocycles. The minimum Gasteiger partial charge on any atom is -0.481 e. The third-order valence-electron chi connectivity index (χ3n) is 3.61.